The number of benzene rings is 1. The lowest BCUT2D eigenvalue weighted by Gasteiger charge is -2.21. The van der Waals surface area contributed by atoms with Gasteiger partial charge in [-0.3, -0.25) is 4.79 Å². The Labute approximate surface area is 184 Å². The third kappa shape index (κ3) is 10.7. The molecule has 9 heteroatoms. The van der Waals surface area contributed by atoms with E-state index in [1.165, 1.54) is 14.0 Å². The van der Waals surface area contributed by atoms with Crippen molar-refractivity contribution in [2.24, 2.45) is 11.7 Å². The van der Waals surface area contributed by atoms with Gasteiger partial charge in [-0.15, -0.1) is 0 Å². The summed E-state index contributed by atoms with van der Waals surface area (Å²) in [6, 6.07) is 5.58. The van der Waals surface area contributed by atoms with Crippen molar-refractivity contribution < 1.29 is 28.6 Å². The first-order valence-corrected chi connectivity index (χ1v) is 10.5. The van der Waals surface area contributed by atoms with Crippen LogP contribution in [0.2, 0.25) is 0 Å². The second kappa shape index (κ2) is 14.2. The van der Waals surface area contributed by atoms with Gasteiger partial charge in [0.15, 0.2) is 0 Å². The summed E-state index contributed by atoms with van der Waals surface area (Å²) >= 11 is 0. The Morgan fingerprint density at radius 3 is 2.29 bits per heavy atom. The number of methoxy groups -OCH3 is 1. The smallest absolute Gasteiger partial charge is 0.408 e. The number of carbonyl (C=O) groups is 3. The van der Waals surface area contributed by atoms with E-state index in [9.17, 15) is 14.4 Å². The molecular formula is C22H35N3O6. The fourth-order valence-electron chi connectivity index (χ4n) is 2.70. The van der Waals surface area contributed by atoms with Crippen LogP contribution in [-0.4, -0.2) is 50.3 Å². The zero-order valence-electron chi connectivity index (χ0n) is 18.8. The minimum atomic E-state index is -0.830. The summed E-state index contributed by atoms with van der Waals surface area (Å²) in [5, 5.41) is 5.11. The maximum Gasteiger partial charge on any atom is 0.408 e. The van der Waals surface area contributed by atoms with E-state index in [2.05, 4.69) is 15.4 Å². The third-order valence-electron chi connectivity index (χ3n) is 4.39. The third-order valence-corrected chi connectivity index (χ3v) is 4.39. The average molecular weight is 438 g/mol. The van der Waals surface area contributed by atoms with E-state index in [4.69, 9.17) is 15.2 Å². The van der Waals surface area contributed by atoms with Crippen molar-refractivity contribution in [3.8, 4) is 5.75 Å². The van der Waals surface area contributed by atoms with Crippen molar-refractivity contribution >= 4 is 18.0 Å². The Morgan fingerprint density at radius 1 is 1.03 bits per heavy atom. The Balaban J connectivity index is 2.54. The molecule has 0 fully saturated rings. The Bertz CT molecular complexity index is 693. The van der Waals surface area contributed by atoms with E-state index in [0.29, 0.717) is 19.6 Å². The maximum absolute atomic E-state index is 12.5. The minimum absolute atomic E-state index is 0.0495. The zero-order chi connectivity index (χ0) is 23.2. The molecule has 1 rings (SSSR count). The zero-order valence-corrected chi connectivity index (χ0v) is 18.8. The summed E-state index contributed by atoms with van der Waals surface area (Å²) in [6.45, 7) is 6.66. The number of hydrogen-bond acceptors (Lipinski definition) is 7. The van der Waals surface area contributed by atoms with Gasteiger partial charge in [0.05, 0.1) is 13.7 Å². The van der Waals surface area contributed by atoms with Gasteiger partial charge in [0.2, 0.25) is 5.91 Å². The predicted octanol–water partition coefficient (Wildman–Crippen LogP) is 2.12. The van der Waals surface area contributed by atoms with Crippen LogP contribution < -0.4 is 21.1 Å². The number of unbranched alkanes of at least 4 members (excludes halogenated alkanes) is 1. The summed E-state index contributed by atoms with van der Waals surface area (Å²) in [6.07, 6.45) is 1.49. The molecule has 31 heavy (non-hydrogen) atoms. The first-order valence-electron chi connectivity index (χ1n) is 10.5. The highest BCUT2D eigenvalue weighted by molar-refractivity contribution is 5.89. The highest BCUT2D eigenvalue weighted by atomic mass is 16.5. The van der Waals surface area contributed by atoms with Crippen molar-refractivity contribution in [2.75, 3.05) is 20.3 Å². The summed E-state index contributed by atoms with van der Waals surface area (Å²) < 4.78 is 15.5. The van der Waals surface area contributed by atoms with Crippen LogP contribution in [0.15, 0.2) is 24.3 Å². The Hall–Kier alpha value is -2.81. The van der Waals surface area contributed by atoms with Crippen LogP contribution in [0.25, 0.3) is 0 Å². The fraction of sp³-hybridized carbons (Fsp3) is 0.591. The Kier molecular flexibility index (Phi) is 12.0. The second-order valence-electron chi connectivity index (χ2n) is 7.64. The summed E-state index contributed by atoms with van der Waals surface area (Å²) in [4.78, 5) is 36.2. The van der Waals surface area contributed by atoms with Crippen molar-refractivity contribution in [3.05, 3.63) is 29.8 Å². The summed E-state index contributed by atoms with van der Waals surface area (Å²) in [5.41, 5.74) is 6.24. The van der Waals surface area contributed by atoms with E-state index < -0.39 is 30.1 Å². The van der Waals surface area contributed by atoms with Gasteiger partial charge < -0.3 is 30.6 Å². The van der Waals surface area contributed by atoms with Gasteiger partial charge in [-0.1, -0.05) is 26.0 Å². The number of amides is 2. The minimum Gasteiger partial charge on any atom is -0.494 e. The molecule has 0 heterocycles. The van der Waals surface area contributed by atoms with Crippen molar-refractivity contribution in [1.29, 1.82) is 0 Å². The molecule has 9 nitrogen and oxygen atoms in total. The van der Waals surface area contributed by atoms with Gasteiger partial charge in [-0.25, -0.2) is 9.59 Å². The van der Waals surface area contributed by atoms with Gasteiger partial charge in [0.25, 0.3) is 0 Å². The first kappa shape index (κ1) is 26.2. The topological polar surface area (TPSA) is 129 Å². The lowest BCUT2D eigenvalue weighted by Crippen LogP contribution is -2.51. The Morgan fingerprint density at radius 2 is 1.71 bits per heavy atom. The number of hydrogen-bond donors (Lipinski definition) is 3. The molecule has 0 bridgehead atoms. The average Bonchev–Trinajstić information content (AvgIpc) is 2.74. The van der Waals surface area contributed by atoms with Crippen LogP contribution in [0.1, 0.15) is 45.6 Å². The first-order chi connectivity index (χ1) is 14.8. The molecule has 0 saturated carbocycles. The molecule has 0 spiro atoms. The molecule has 1 aromatic rings. The number of nitrogens with one attached hydrogen (secondary N) is 2. The van der Waals surface area contributed by atoms with Crippen LogP contribution >= 0.6 is 0 Å². The lowest BCUT2D eigenvalue weighted by molar-refractivity contribution is -0.144. The second-order valence-corrected chi connectivity index (χ2v) is 7.64. The summed E-state index contributed by atoms with van der Waals surface area (Å²) in [5.74, 6) is -0.161. The highest BCUT2D eigenvalue weighted by Crippen LogP contribution is 2.14. The van der Waals surface area contributed by atoms with Crippen LogP contribution in [0.4, 0.5) is 4.79 Å². The number of rotatable bonds is 13. The molecule has 0 radical (unpaired) electrons. The molecule has 0 aliphatic heterocycles. The van der Waals surface area contributed by atoms with Gasteiger partial charge in [-0.2, -0.15) is 0 Å². The fourth-order valence-corrected chi connectivity index (χ4v) is 2.70. The highest BCUT2D eigenvalue weighted by Gasteiger charge is 2.26. The molecular weight excluding hydrogens is 402 g/mol. The van der Waals surface area contributed by atoms with Crippen molar-refractivity contribution in [3.63, 3.8) is 0 Å². The van der Waals surface area contributed by atoms with Crippen LogP contribution in [-0.2, 0) is 25.7 Å². The number of nitrogens with two attached hydrogens (primary N) is 1. The normalized spacial score (nSPS) is 12.6. The van der Waals surface area contributed by atoms with Crippen LogP contribution in [0.3, 0.4) is 0 Å². The van der Waals surface area contributed by atoms with Crippen molar-refractivity contribution in [2.45, 2.75) is 58.7 Å². The molecule has 0 aliphatic rings. The van der Waals surface area contributed by atoms with E-state index in [-0.39, 0.29) is 12.5 Å². The molecule has 2 atom stereocenters. The molecule has 0 aromatic heterocycles. The quantitative estimate of drug-likeness (QED) is 0.318. The van der Waals surface area contributed by atoms with Gasteiger partial charge in [0.1, 0.15) is 24.4 Å². The van der Waals surface area contributed by atoms with Crippen LogP contribution in [0, 0.1) is 5.92 Å². The molecule has 1 aromatic carbocycles. The number of ether oxygens (including phenoxy) is 3. The number of carbonyl (C=O) groups excluding carboxylic acids is 3. The molecule has 4 N–H and O–H groups in total. The van der Waals surface area contributed by atoms with Gasteiger partial charge in [0, 0.05) is 0 Å². The largest absolute Gasteiger partial charge is 0.494 e. The monoisotopic (exact) mass is 437 g/mol. The lowest BCUT2D eigenvalue weighted by atomic mass is 10.0. The standard InChI is InChI=1S/C22H35N3O6/c1-15(2)13-19(20(26)24-16(3)21(27)29-4)25-22(28)31-14-17-7-9-18(10-8-17)30-12-6-5-11-23/h7-10,15-16,19H,5-6,11-14,23H2,1-4H3,(H,24,26)(H,25,28). The van der Waals surface area contributed by atoms with E-state index in [0.717, 1.165) is 24.2 Å². The molecule has 0 aliphatic carbocycles. The predicted molar refractivity (Wildman–Crippen MR) is 116 cm³/mol. The maximum atomic E-state index is 12.5. The molecule has 2 amide bonds. The van der Waals surface area contributed by atoms with Crippen molar-refractivity contribution in [1.82, 2.24) is 10.6 Å². The van der Waals surface area contributed by atoms with Gasteiger partial charge >= 0.3 is 12.1 Å². The van der Waals surface area contributed by atoms with E-state index in [1.807, 2.05) is 38.1 Å². The van der Waals surface area contributed by atoms with Gasteiger partial charge in [-0.05, 0) is 56.3 Å². The summed E-state index contributed by atoms with van der Waals surface area (Å²) in [7, 11) is 1.24. The molecule has 2 unspecified atom stereocenters. The molecule has 174 valence electrons. The number of esters is 1. The molecule has 0 saturated heterocycles. The van der Waals surface area contributed by atoms with E-state index in [1.54, 1.807) is 0 Å². The van der Waals surface area contributed by atoms with Crippen LogP contribution in [0.5, 0.6) is 5.75 Å². The number of alkyl carbamates (subject to hydrolysis) is 1. The SMILES string of the molecule is COC(=O)C(C)NC(=O)C(CC(C)C)NC(=O)OCc1ccc(OCCCCN)cc1. The van der Waals surface area contributed by atoms with E-state index >= 15 is 0 Å².